The second kappa shape index (κ2) is 4.09. The summed E-state index contributed by atoms with van der Waals surface area (Å²) in [5, 5.41) is 1.23. The Labute approximate surface area is 97.7 Å². The van der Waals surface area contributed by atoms with Gasteiger partial charge < -0.3 is 5.73 Å². The molecule has 1 aromatic heterocycles. The zero-order valence-corrected chi connectivity index (χ0v) is 9.26. The lowest BCUT2D eigenvalue weighted by Gasteiger charge is -2.07. The standard InChI is InChI=1S/C11H8Cl2N2/c12-7-1-2-10(13)8(5-7)9-6-15-4-3-11(9)14/h1-6H,(H2,14,15). The van der Waals surface area contributed by atoms with Gasteiger partial charge in [-0.25, -0.2) is 0 Å². The first-order chi connectivity index (χ1) is 7.18. The maximum Gasteiger partial charge on any atom is 0.0486 e. The smallest absolute Gasteiger partial charge is 0.0486 e. The number of nitrogens with zero attached hydrogens (tertiary/aromatic N) is 1. The van der Waals surface area contributed by atoms with Gasteiger partial charge in [-0.2, -0.15) is 0 Å². The van der Waals surface area contributed by atoms with E-state index in [1.54, 1.807) is 36.7 Å². The Hall–Kier alpha value is -1.25. The van der Waals surface area contributed by atoms with Crippen molar-refractivity contribution in [3.05, 3.63) is 46.7 Å². The third-order valence-corrected chi connectivity index (χ3v) is 2.64. The second-order valence-electron chi connectivity index (χ2n) is 3.09. The Bertz CT molecular complexity index is 498. The minimum absolute atomic E-state index is 0.610. The van der Waals surface area contributed by atoms with Gasteiger partial charge in [0, 0.05) is 39.3 Å². The number of hydrogen-bond donors (Lipinski definition) is 1. The topological polar surface area (TPSA) is 38.9 Å². The van der Waals surface area contributed by atoms with E-state index in [0.29, 0.717) is 15.7 Å². The summed E-state index contributed by atoms with van der Waals surface area (Å²) in [7, 11) is 0. The molecule has 0 saturated carbocycles. The fraction of sp³-hybridized carbons (Fsp3) is 0. The Morgan fingerprint density at radius 3 is 2.60 bits per heavy atom. The number of pyridine rings is 1. The zero-order chi connectivity index (χ0) is 10.8. The molecule has 0 aliphatic carbocycles. The van der Waals surface area contributed by atoms with E-state index in [1.807, 2.05) is 0 Å². The van der Waals surface area contributed by atoms with Crippen molar-refractivity contribution in [1.82, 2.24) is 4.98 Å². The summed E-state index contributed by atoms with van der Waals surface area (Å²) in [6.07, 6.45) is 3.31. The Morgan fingerprint density at radius 2 is 1.87 bits per heavy atom. The molecule has 0 amide bonds. The van der Waals surface area contributed by atoms with Crippen molar-refractivity contribution in [3.63, 3.8) is 0 Å². The van der Waals surface area contributed by atoms with Crippen molar-refractivity contribution >= 4 is 28.9 Å². The Balaban J connectivity index is 2.64. The third-order valence-electron chi connectivity index (χ3n) is 2.07. The monoisotopic (exact) mass is 238 g/mol. The van der Waals surface area contributed by atoms with Crippen molar-refractivity contribution in [2.45, 2.75) is 0 Å². The lowest BCUT2D eigenvalue weighted by Crippen LogP contribution is -1.91. The average molecular weight is 239 g/mol. The predicted molar refractivity (Wildman–Crippen MR) is 64.1 cm³/mol. The molecule has 1 heterocycles. The number of benzene rings is 1. The molecular formula is C11H8Cl2N2. The van der Waals surface area contributed by atoms with Gasteiger partial charge in [-0.3, -0.25) is 4.98 Å². The number of halogens is 2. The van der Waals surface area contributed by atoms with E-state index in [4.69, 9.17) is 28.9 Å². The van der Waals surface area contributed by atoms with E-state index in [2.05, 4.69) is 4.98 Å². The van der Waals surface area contributed by atoms with Crippen LogP contribution in [0.5, 0.6) is 0 Å². The van der Waals surface area contributed by atoms with Crippen LogP contribution >= 0.6 is 23.2 Å². The predicted octanol–water partition coefficient (Wildman–Crippen LogP) is 3.64. The van der Waals surface area contributed by atoms with Crippen LogP contribution in [0.1, 0.15) is 0 Å². The zero-order valence-electron chi connectivity index (χ0n) is 7.74. The SMILES string of the molecule is Nc1ccncc1-c1cc(Cl)ccc1Cl. The Kier molecular flexibility index (Phi) is 2.80. The summed E-state index contributed by atoms with van der Waals surface area (Å²) >= 11 is 12.0. The van der Waals surface area contributed by atoms with Gasteiger partial charge in [0.2, 0.25) is 0 Å². The normalized spacial score (nSPS) is 10.3. The van der Waals surface area contributed by atoms with Crippen molar-refractivity contribution < 1.29 is 0 Å². The minimum atomic E-state index is 0.610. The van der Waals surface area contributed by atoms with Gasteiger partial charge in [0.1, 0.15) is 0 Å². The first kappa shape index (κ1) is 10.3. The second-order valence-corrected chi connectivity index (χ2v) is 3.93. The number of hydrogen-bond acceptors (Lipinski definition) is 2. The first-order valence-corrected chi connectivity index (χ1v) is 5.09. The minimum Gasteiger partial charge on any atom is -0.398 e. The summed E-state index contributed by atoms with van der Waals surface area (Å²) < 4.78 is 0. The van der Waals surface area contributed by atoms with E-state index in [-0.39, 0.29) is 0 Å². The van der Waals surface area contributed by atoms with Crippen LogP contribution in [0.15, 0.2) is 36.7 Å². The highest BCUT2D eigenvalue weighted by atomic mass is 35.5. The van der Waals surface area contributed by atoms with Crippen molar-refractivity contribution in [2.24, 2.45) is 0 Å². The van der Waals surface area contributed by atoms with Crippen LogP contribution < -0.4 is 5.73 Å². The van der Waals surface area contributed by atoms with Crippen LogP contribution in [0.25, 0.3) is 11.1 Å². The number of nitrogens with two attached hydrogens (primary N) is 1. The van der Waals surface area contributed by atoms with Gasteiger partial charge in [0.15, 0.2) is 0 Å². The summed E-state index contributed by atoms with van der Waals surface area (Å²) in [6.45, 7) is 0. The molecule has 2 aromatic rings. The number of rotatable bonds is 1. The van der Waals surface area contributed by atoms with Gasteiger partial charge in [-0.1, -0.05) is 23.2 Å². The van der Waals surface area contributed by atoms with Gasteiger partial charge in [-0.05, 0) is 24.3 Å². The summed E-state index contributed by atoms with van der Waals surface area (Å²) in [5.74, 6) is 0. The molecular weight excluding hydrogens is 231 g/mol. The fourth-order valence-corrected chi connectivity index (χ4v) is 1.73. The highest BCUT2D eigenvalue weighted by Crippen LogP contribution is 2.33. The molecule has 0 bridgehead atoms. The number of aromatic nitrogens is 1. The first-order valence-electron chi connectivity index (χ1n) is 4.33. The molecule has 76 valence electrons. The van der Waals surface area contributed by atoms with E-state index in [1.165, 1.54) is 0 Å². The lowest BCUT2D eigenvalue weighted by atomic mass is 10.1. The quantitative estimate of drug-likeness (QED) is 0.825. The molecule has 0 atom stereocenters. The summed E-state index contributed by atoms with van der Waals surface area (Å²) in [6, 6.07) is 6.98. The van der Waals surface area contributed by atoms with Gasteiger partial charge in [-0.15, -0.1) is 0 Å². The maximum atomic E-state index is 6.06. The van der Waals surface area contributed by atoms with Crippen LogP contribution in [0, 0.1) is 0 Å². The molecule has 1 aromatic carbocycles. The molecule has 2 nitrogen and oxygen atoms in total. The van der Waals surface area contributed by atoms with Crippen LogP contribution in [0.2, 0.25) is 10.0 Å². The van der Waals surface area contributed by atoms with Gasteiger partial charge in [0.25, 0.3) is 0 Å². The highest BCUT2D eigenvalue weighted by molar-refractivity contribution is 6.35. The lowest BCUT2D eigenvalue weighted by molar-refractivity contribution is 1.33. The largest absolute Gasteiger partial charge is 0.398 e. The molecule has 0 spiro atoms. The van der Waals surface area contributed by atoms with Gasteiger partial charge >= 0.3 is 0 Å². The van der Waals surface area contributed by atoms with Crippen LogP contribution in [-0.4, -0.2) is 4.98 Å². The molecule has 2 N–H and O–H groups in total. The summed E-state index contributed by atoms with van der Waals surface area (Å²) in [4.78, 5) is 4.01. The molecule has 15 heavy (non-hydrogen) atoms. The molecule has 4 heteroatoms. The third kappa shape index (κ3) is 2.06. The molecule has 0 fully saturated rings. The van der Waals surface area contributed by atoms with E-state index < -0.39 is 0 Å². The molecule has 2 rings (SSSR count). The van der Waals surface area contributed by atoms with Crippen molar-refractivity contribution in [2.75, 3.05) is 5.73 Å². The van der Waals surface area contributed by atoms with Crippen LogP contribution in [0.4, 0.5) is 5.69 Å². The van der Waals surface area contributed by atoms with Crippen molar-refractivity contribution in [3.8, 4) is 11.1 Å². The molecule has 0 aliphatic heterocycles. The van der Waals surface area contributed by atoms with Crippen LogP contribution in [0.3, 0.4) is 0 Å². The van der Waals surface area contributed by atoms with Crippen molar-refractivity contribution in [1.29, 1.82) is 0 Å². The Morgan fingerprint density at radius 1 is 1.07 bits per heavy atom. The molecule has 0 aliphatic rings. The average Bonchev–Trinajstić information content (AvgIpc) is 2.23. The number of anilines is 1. The number of nitrogen functional groups attached to an aromatic ring is 1. The van der Waals surface area contributed by atoms with E-state index in [0.717, 1.165) is 11.1 Å². The van der Waals surface area contributed by atoms with E-state index >= 15 is 0 Å². The molecule has 0 radical (unpaired) electrons. The maximum absolute atomic E-state index is 6.06. The van der Waals surface area contributed by atoms with Crippen LogP contribution in [-0.2, 0) is 0 Å². The molecule has 0 unspecified atom stereocenters. The fourth-order valence-electron chi connectivity index (χ4n) is 1.33. The van der Waals surface area contributed by atoms with E-state index in [9.17, 15) is 0 Å². The molecule has 0 saturated heterocycles. The summed E-state index contributed by atoms with van der Waals surface area (Å²) in [5.41, 5.74) is 8.06. The van der Waals surface area contributed by atoms with Gasteiger partial charge in [0.05, 0.1) is 0 Å². The highest BCUT2D eigenvalue weighted by Gasteiger charge is 2.07.